The van der Waals surface area contributed by atoms with Gasteiger partial charge in [0.05, 0.1) is 19.8 Å². The van der Waals surface area contributed by atoms with Crippen LogP contribution in [0.4, 0.5) is 4.79 Å². The number of hydrogen-bond donors (Lipinski definition) is 2. The number of rotatable bonds is 10. The fraction of sp³-hybridized carbons (Fsp3) is 0.393. The number of methoxy groups -OCH3 is 1. The first kappa shape index (κ1) is 26.1. The van der Waals surface area contributed by atoms with Gasteiger partial charge in [0, 0.05) is 12.0 Å². The highest BCUT2D eigenvalue weighted by Gasteiger charge is 2.30. The van der Waals surface area contributed by atoms with E-state index in [1.165, 1.54) is 0 Å². The van der Waals surface area contributed by atoms with Gasteiger partial charge in [-0.15, -0.1) is 0 Å². The van der Waals surface area contributed by atoms with Crippen molar-refractivity contribution in [3.05, 3.63) is 65.5 Å². The van der Waals surface area contributed by atoms with Crippen molar-refractivity contribution in [3.8, 4) is 23.0 Å². The van der Waals surface area contributed by atoms with Gasteiger partial charge in [-0.05, 0) is 63.3 Å². The van der Waals surface area contributed by atoms with Crippen molar-refractivity contribution < 1.29 is 33.3 Å². The molecule has 37 heavy (non-hydrogen) atoms. The zero-order valence-electron chi connectivity index (χ0n) is 21.4. The van der Waals surface area contributed by atoms with Crippen LogP contribution in [0.15, 0.2) is 52.9 Å². The van der Waals surface area contributed by atoms with Crippen molar-refractivity contribution in [2.24, 2.45) is 5.92 Å². The molecule has 1 aliphatic carbocycles. The minimum atomic E-state index is -1.27. The van der Waals surface area contributed by atoms with Gasteiger partial charge in [0.2, 0.25) is 5.89 Å². The molecule has 1 fully saturated rings. The Morgan fingerprint density at radius 2 is 1.86 bits per heavy atom. The Morgan fingerprint density at radius 3 is 2.49 bits per heavy atom. The molecule has 2 aromatic carbocycles. The molecule has 1 atom stereocenters. The predicted octanol–water partition coefficient (Wildman–Crippen LogP) is 5.65. The lowest BCUT2D eigenvalue weighted by Gasteiger charge is -2.23. The van der Waals surface area contributed by atoms with Gasteiger partial charge in [0.25, 0.3) is 0 Å². The number of hydrogen-bond acceptors (Lipinski definition) is 7. The van der Waals surface area contributed by atoms with Crippen LogP contribution in [0.1, 0.15) is 61.5 Å². The van der Waals surface area contributed by atoms with E-state index in [1.54, 1.807) is 46.1 Å². The zero-order valence-corrected chi connectivity index (χ0v) is 21.4. The standard InChI is InChI=1S/C28H32N2O7/c1-28(2,3)37-27(33)29-20(14-17-8-6-5-7-9-17)24-23(26(31)32)30-25(36-24)19-12-13-21(34-4)22(15-19)35-16-18-10-11-18/h5-9,12-13,15,18,20H,10-11,14,16H2,1-4H3,(H,29,33)(H,31,32). The van der Waals surface area contributed by atoms with Crippen LogP contribution >= 0.6 is 0 Å². The normalized spacial score (nSPS) is 14.1. The second kappa shape index (κ2) is 10.9. The van der Waals surface area contributed by atoms with E-state index >= 15 is 0 Å². The lowest BCUT2D eigenvalue weighted by molar-refractivity contribution is 0.0493. The average Bonchev–Trinajstić information content (AvgIpc) is 3.56. The lowest BCUT2D eigenvalue weighted by atomic mass is 10.0. The summed E-state index contributed by atoms with van der Waals surface area (Å²) in [5.74, 6) is 0.467. The van der Waals surface area contributed by atoms with Crippen molar-refractivity contribution in [2.75, 3.05) is 13.7 Å². The number of amides is 1. The molecule has 0 saturated heterocycles. The van der Waals surface area contributed by atoms with Gasteiger partial charge in [0.15, 0.2) is 23.0 Å². The van der Waals surface area contributed by atoms with Gasteiger partial charge in [-0.3, -0.25) is 0 Å². The van der Waals surface area contributed by atoms with E-state index in [2.05, 4.69) is 10.3 Å². The van der Waals surface area contributed by atoms with E-state index in [1.807, 2.05) is 30.3 Å². The molecule has 2 N–H and O–H groups in total. The summed E-state index contributed by atoms with van der Waals surface area (Å²) in [6.07, 6.45) is 1.86. The smallest absolute Gasteiger partial charge is 0.408 e. The molecule has 1 amide bonds. The monoisotopic (exact) mass is 508 g/mol. The maximum absolute atomic E-state index is 12.7. The van der Waals surface area contributed by atoms with Gasteiger partial charge in [0.1, 0.15) is 5.60 Å². The van der Waals surface area contributed by atoms with Gasteiger partial charge < -0.3 is 29.1 Å². The number of alkyl carbamates (subject to hydrolysis) is 1. The van der Waals surface area contributed by atoms with Crippen LogP contribution in [0.2, 0.25) is 0 Å². The number of carbonyl (C=O) groups is 2. The molecule has 0 radical (unpaired) electrons. The van der Waals surface area contributed by atoms with Crippen LogP contribution in [0.25, 0.3) is 11.5 Å². The number of carboxylic acids is 1. The SMILES string of the molecule is COc1ccc(-c2nc(C(=O)O)c(C(Cc3ccccc3)NC(=O)OC(C)(C)C)o2)cc1OCC1CC1. The molecule has 1 saturated carbocycles. The van der Waals surface area contributed by atoms with Crippen molar-refractivity contribution in [1.82, 2.24) is 10.3 Å². The summed E-state index contributed by atoms with van der Waals surface area (Å²) in [6, 6.07) is 13.7. The Hall–Kier alpha value is -4.01. The Balaban J connectivity index is 1.69. The molecule has 9 nitrogen and oxygen atoms in total. The van der Waals surface area contributed by atoms with Crippen LogP contribution < -0.4 is 14.8 Å². The number of nitrogens with one attached hydrogen (secondary N) is 1. The van der Waals surface area contributed by atoms with E-state index < -0.39 is 23.7 Å². The first-order chi connectivity index (χ1) is 17.6. The van der Waals surface area contributed by atoms with E-state index in [0.717, 1.165) is 18.4 Å². The highest BCUT2D eigenvalue weighted by atomic mass is 16.6. The number of ether oxygens (including phenoxy) is 3. The zero-order chi connectivity index (χ0) is 26.6. The summed E-state index contributed by atoms with van der Waals surface area (Å²) >= 11 is 0. The first-order valence-electron chi connectivity index (χ1n) is 12.2. The molecule has 196 valence electrons. The number of benzene rings is 2. The number of nitrogens with zero attached hydrogens (tertiary/aromatic N) is 1. The third-order valence-electron chi connectivity index (χ3n) is 5.73. The third-order valence-corrected chi connectivity index (χ3v) is 5.73. The van der Waals surface area contributed by atoms with Crippen molar-refractivity contribution in [3.63, 3.8) is 0 Å². The summed E-state index contributed by atoms with van der Waals surface area (Å²) in [5, 5.41) is 12.7. The molecule has 9 heteroatoms. The summed E-state index contributed by atoms with van der Waals surface area (Å²) in [5.41, 5.74) is 0.376. The van der Waals surface area contributed by atoms with Gasteiger partial charge in [-0.1, -0.05) is 30.3 Å². The molecule has 1 heterocycles. The average molecular weight is 509 g/mol. The van der Waals surface area contributed by atoms with Crippen LogP contribution in [0, 0.1) is 5.92 Å². The Morgan fingerprint density at radius 1 is 1.14 bits per heavy atom. The second-order valence-corrected chi connectivity index (χ2v) is 10.0. The lowest BCUT2D eigenvalue weighted by Crippen LogP contribution is -2.36. The topological polar surface area (TPSA) is 120 Å². The Bertz CT molecular complexity index is 1240. The fourth-order valence-corrected chi connectivity index (χ4v) is 3.77. The van der Waals surface area contributed by atoms with Crippen LogP contribution in [0.5, 0.6) is 11.5 Å². The largest absolute Gasteiger partial charge is 0.493 e. The number of carboxylic acid groups (broad SMARTS) is 1. The Labute approximate surface area is 215 Å². The molecule has 1 aromatic heterocycles. The van der Waals surface area contributed by atoms with Crippen LogP contribution in [-0.4, -0.2) is 41.5 Å². The highest BCUT2D eigenvalue weighted by Crippen LogP contribution is 2.36. The summed E-state index contributed by atoms with van der Waals surface area (Å²) in [4.78, 5) is 29.1. The van der Waals surface area contributed by atoms with Crippen LogP contribution in [-0.2, 0) is 11.2 Å². The number of aromatic carboxylic acids is 1. The van der Waals surface area contributed by atoms with Crippen LogP contribution in [0.3, 0.4) is 0 Å². The highest BCUT2D eigenvalue weighted by molar-refractivity contribution is 5.87. The molecule has 1 aliphatic rings. The molecule has 0 aliphatic heterocycles. The maximum Gasteiger partial charge on any atom is 0.408 e. The molecular formula is C28H32N2O7. The summed E-state index contributed by atoms with van der Waals surface area (Å²) < 4.78 is 22.8. The van der Waals surface area contributed by atoms with Gasteiger partial charge in [-0.25, -0.2) is 14.6 Å². The predicted molar refractivity (Wildman–Crippen MR) is 136 cm³/mol. The quantitative estimate of drug-likeness (QED) is 0.361. The number of aromatic nitrogens is 1. The van der Waals surface area contributed by atoms with E-state index in [9.17, 15) is 14.7 Å². The fourth-order valence-electron chi connectivity index (χ4n) is 3.77. The third kappa shape index (κ3) is 7.03. The minimum Gasteiger partial charge on any atom is -0.493 e. The molecule has 4 rings (SSSR count). The summed E-state index contributed by atoms with van der Waals surface area (Å²) in [7, 11) is 1.56. The number of oxazole rings is 1. The van der Waals surface area contributed by atoms with E-state index in [-0.39, 0.29) is 23.8 Å². The molecule has 3 aromatic rings. The second-order valence-electron chi connectivity index (χ2n) is 10.0. The van der Waals surface area contributed by atoms with E-state index in [4.69, 9.17) is 18.6 Å². The first-order valence-corrected chi connectivity index (χ1v) is 12.2. The van der Waals surface area contributed by atoms with Crippen molar-refractivity contribution in [2.45, 2.75) is 51.7 Å². The van der Waals surface area contributed by atoms with Crippen molar-refractivity contribution >= 4 is 12.1 Å². The maximum atomic E-state index is 12.7. The van der Waals surface area contributed by atoms with Crippen molar-refractivity contribution in [1.29, 1.82) is 0 Å². The molecule has 0 bridgehead atoms. The molecular weight excluding hydrogens is 476 g/mol. The Kier molecular flexibility index (Phi) is 7.71. The molecule has 1 unspecified atom stereocenters. The summed E-state index contributed by atoms with van der Waals surface area (Å²) in [6.45, 7) is 5.83. The minimum absolute atomic E-state index is 0.0217. The molecule has 0 spiro atoms. The van der Waals surface area contributed by atoms with Gasteiger partial charge >= 0.3 is 12.1 Å². The van der Waals surface area contributed by atoms with E-state index in [0.29, 0.717) is 29.6 Å². The van der Waals surface area contributed by atoms with Gasteiger partial charge in [-0.2, -0.15) is 0 Å². The number of carbonyl (C=O) groups excluding carboxylic acids is 1.